The van der Waals surface area contributed by atoms with E-state index < -0.39 is 0 Å². The van der Waals surface area contributed by atoms with Crippen molar-refractivity contribution in [2.45, 2.75) is 13.2 Å². The Labute approximate surface area is 229 Å². The van der Waals surface area contributed by atoms with Crippen molar-refractivity contribution in [3.8, 4) is 17.6 Å². The summed E-state index contributed by atoms with van der Waals surface area (Å²) in [5, 5.41) is 8.99. The summed E-state index contributed by atoms with van der Waals surface area (Å²) in [4.78, 5) is 27.1. The molecule has 3 aromatic rings. The van der Waals surface area contributed by atoms with Crippen LogP contribution in [0.1, 0.15) is 22.3 Å². The predicted octanol–water partition coefficient (Wildman–Crippen LogP) is 6.75. The molecule has 1 fully saturated rings. The first kappa shape index (κ1) is 25.3. The minimum atomic E-state index is -0.331. The van der Waals surface area contributed by atoms with Crippen molar-refractivity contribution in [1.82, 2.24) is 4.90 Å². The zero-order valence-corrected chi connectivity index (χ0v) is 23.0. The Bertz CT molecular complexity index is 1390. The van der Waals surface area contributed by atoms with E-state index in [1.807, 2.05) is 48.5 Å². The van der Waals surface area contributed by atoms with Gasteiger partial charge in [-0.05, 0) is 81.9 Å². The zero-order valence-electron chi connectivity index (χ0n) is 18.5. The highest BCUT2D eigenvalue weighted by atomic mass is 127. The van der Waals surface area contributed by atoms with Gasteiger partial charge in [0.05, 0.1) is 33.8 Å². The summed E-state index contributed by atoms with van der Waals surface area (Å²) in [7, 11) is 1.54. The largest absolute Gasteiger partial charge is 0.493 e. The fourth-order valence-electron chi connectivity index (χ4n) is 3.47. The highest BCUT2D eigenvalue weighted by Gasteiger charge is 2.35. The number of thioether (sulfide) groups is 1. The minimum absolute atomic E-state index is 0.208. The number of carbonyl (C=O) groups excluding carboxylic acids is 2. The van der Waals surface area contributed by atoms with E-state index in [9.17, 15) is 14.9 Å². The molecule has 0 aliphatic carbocycles. The first-order chi connectivity index (χ1) is 16.9. The third kappa shape index (κ3) is 5.89. The lowest BCUT2D eigenvalue weighted by Gasteiger charge is -2.14. The molecule has 0 saturated carbocycles. The quantitative estimate of drug-likeness (QED) is 0.206. The van der Waals surface area contributed by atoms with Crippen molar-refractivity contribution >= 4 is 67.5 Å². The number of nitriles is 1. The average molecular weight is 661 g/mol. The normalized spacial score (nSPS) is 14.3. The van der Waals surface area contributed by atoms with Crippen LogP contribution in [0.25, 0.3) is 6.08 Å². The molecule has 1 aliphatic heterocycles. The van der Waals surface area contributed by atoms with E-state index in [1.54, 1.807) is 18.2 Å². The van der Waals surface area contributed by atoms with Gasteiger partial charge in [-0.2, -0.15) is 5.26 Å². The van der Waals surface area contributed by atoms with E-state index in [1.165, 1.54) is 12.0 Å². The van der Waals surface area contributed by atoms with Crippen LogP contribution in [-0.4, -0.2) is 23.2 Å². The van der Waals surface area contributed by atoms with Gasteiger partial charge >= 0.3 is 0 Å². The lowest BCUT2D eigenvalue weighted by Crippen LogP contribution is -2.27. The summed E-state index contributed by atoms with van der Waals surface area (Å²) >= 11 is 6.47. The van der Waals surface area contributed by atoms with Crippen molar-refractivity contribution in [2.24, 2.45) is 0 Å². The van der Waals surface area contributed by atoms with Crippen LogP contribution in [0.4, 0.5) is 4.79 Å². The van der Waals surface area contributed by atoms with Crippen LogP contribution in [0.5, 0.6) is 11.5 Å². The number of amides is 2. The molecule has 1 saturated heterocycles. The van der Waals surface area contributed by atoms with Crippen molar-refractivity contribution in [3.05, 3.63) is 95.9 Å². The molecule has 0 atom stereocenters. The highest BCUT2D eigenvalue weighted by molar-refractivity contribution is 14.1. The number of hydrogen-bond acceptors (Lipinski definition) is 6. The second-order valence-corrected chi connectivity index (χ2v) is 10.6. The standard InChI is InChI=1S/C26H18BrIN2O4S/c1-33-22-11-17(10-21(28)24(22)34-15-19-7-3-2-6-18(19)13-29)12-23-25(31)30(26(32)35-23)14-16-5-4-8-20(27)9-16/h2-12H,14-15H2,1H3/b23-12+. The van der Waals surface area contributed by atoms with Crippen LogP contribution in [0, 0.1) is 14.9 Å². The molecule has 2 amide bonds. The first-order valence-electron chi connectivity index (χ1n) is 10.4. The maximum atomic E-state index is 13.0. The van der Waals surface area contributed by atoms with E-state index in [4.69, 9.17) is 9.47 Å². The number of halogens is 2. The predicted molar refractivity (Wildman–Crippen MR) is 147 cm³/mol. The number of carbonyl (C=O) groups is 2. The molecule has 1 aliphatic rings. The summed E-state index contributed by atoms with van der Waals surface area (Å²) in [6, 6.07) is 20.5. The molecule has 9 heteroatoms. The van der Waals surface area contributed by atoms with Gasteiger partial charge in [-0.3, -0.25) is 14.5 Å². The third-order valence-corrected chi connectivity index (χ3v) is 7.36. The van der Waals surface area contributed by atoms with Gasteiger partial charge in [0.2, 0.25) is 0 Å². The van der Waals surface area contributed by atoms with Gasteiger partial charge in [0.1, 0.15) is 6.61 Å². The molecule has 1 heterocycles. The van der Waals surface area contributed by atoms with E-state index in [0.29, 0.717) is 27.5 Å². The van der Waals surface area contributed by atoms with E-state index >= 15 is 0 Å². The molecule has 0 unspecified atom stereocenters. The molecule has 0 spiro atoms. The molecule has 35 heavy (non-hydrogen) atoms. The number of imide groups is 1. The summed E-state index contributed by atoms with van der Waals surface area (Å²) in [6.07, 6.45) is 1.69. The lowest BCUT2D eigenvalue weighted by molar-refractivity contribution is -0.123. The summed E-state index contributed by atoms with van der Waals surface area (Å²) in [6.45, 7) is 0.420. The average Bonchev–Trinajstić information content (AvgIpc) is 3.10. The Morgan fingerprint density at radius 1 is 1.14 bits per heavy atom. The van der Waals surface area contributed by atoms with Crippen LogP contribution in [0.15, 0.2) is 70.0 Å². The van der Waals surface area contributed by atoms with Crippen LogP contribution < -0.4 is 9.47 Å². The molecule has 176 valence electrons. The summed E-state index contributed by atoms with van der Waals surface area (Å²) in [5.74, 6) is 0.703. The van der Waals surface area contributed by atoms with E-state index in [0.717, 1.165) is 30.9 Å². The van der Waals surface area contributed by atoms with Crippen LogP contribution in [0.3, 0.4) is 0 Å². The number of benzene rings is 3. The molecular formula is C26H18BrIN2O4S. The maximum Gasteiger partial charge on any atom is 0.293 e. The number of nitrogens with zero attached hydrogens (tertiary/aromatic N) is 2. The van der Waals surface area contributed by atoms with Gasteiger partial charge in [-0.1, -0.05) is 46.3 Å². The van der Waals surface area contributed by atoms with Crippen molar-refractivity contribution in [2.75, 3.05) is 7.11 Å². The Morgan fingerprint density at radius 2 is 1.94 bits per heavy atom. The van der Waals surface area contributed by atoms with Crippen molar-refractivity contribution in [3.63, 3.8) is 0 Å². The van der Waals surface area contributed by atoms with Crippen LogP contribution >= 0.6 is 50.3 Å². The molecule has 0 bridgehead atoms. The van der Waals surface area contributed by atoms with Gasteiger partial charge < -0.3 is 9.47 Å². The van der Waals surface area contributed by atoms with Gasteiger partial charge in [0.15, 0.2) is 11.5 Å². The topological polar surface area (TPSA) is 79.6 Å². The van der Waals surface area contributed by atoms with Gasteiger partial charge in [0.25, 0.3) is 11.1 Å². The van der Waals surface area contributed by atoms with E-state index in [2.05, 4.69) is 44.6 Å². The smallest absolute Gasteiger partial charge is 0.293 e. The van der Waals surface area contributed by atoms with Gasteiger partial charge in [-0.15, -0.1) is 0 Å². The molecule has 0 radical (unpaired) electrons. The highest BCUT2D eigenvalue weighted by Crippen LogP contribution is 2.38. The Kier molecular flexibility index (Phi) is 8.15. The Morgan fingerprint density at radius 3 is 2.69 bits per heavy atom. The van der Waals surface area contributed by atoms with Gasteiger partial charge in [0, 0.05) is 10.0 Å². The minimum Gasteiger partial charge on any atom is -0.493 e. The molecular weight excluding hydrogens is 643 g/mol. The van der Waals surface area contributed by atoms with Crippen molar-refractivity contribution in [1.29, 1.82) is 5.26 Å². The zero-order chi connectivity index (χ0) is 24.9. The van der Waals surface area contributed by atoms with Crippen molar-refractivity contribution < 1.29 is 19.1 Å². The van der Waals surface area contributed by atoms with E-state index in [-0.39, 0.29) is 24.3 Å². The SMILES string of the molecule is COc1cc(/C=C2/SC(=O)N(Cc3cccc(Br)c3)C2=O)cc(I)c1OCc1ccccc1C#N. The fourth-order valence-corrected chi connectivity index (χ4v) is 5.54. The molecule has 0 aromatic heterocycles. The maximum absolute atomic E-state index is 13.0. The number of ether oxygens (including phenoxy) is 2. The number of hydrogen-bond donors (Lipinski definition) is 0. The second kappa shape index (κ2) is 11.3. The van der Waals surface area contributed by atoms with Crippen LogP contribution in [0.2, 0.25) is 0 Å². The van der Waals surface area contributed by atoms with Gasteiger partial charge in [-0.25, -0.2) is 0 Å². The monoisotopic (exact) mass is 660 g/mol. The first-order valence-corrected chi connectivity index (χ1v) is 13.1. The Balaban J connectivity index is 1.55. The molecule has 3 aromatic carbocycles. The van der Waals surface area contributed by atoms with Crippen LogP contribution in [-0.2, 0) is 17.9 Å². The lowest BCUT2D eigenvalue weighted by atomic mass is 10.1. The third-order valence-electron chi connectivity index (χ3n) is 5.16. The second-order valence-electron chi connectivity index (χ2n) is 7.49. The molecule has 6 nitrogen and oxygen atoms in total. The summed E-state index contributed by atoms with van der Waals surface area (Å²) < 4.78 is 13.2. The number of rotatable bonds is 7. The number of methoxy groups -OCH3 is 1. The summed E-state index contributed by atoms with van der Waals surface area (Å²) in [5.41, 5.74) is 2.90. The fraction of sp³-hybridized carbons (Fsp3) is 0.115. The molecule has 0 N–H and O–H groups in total. The molecule has 4 rings (SSSR count). The Hall–Kier alpha value is -2.81.